The first-order chi connectivity index (χ1) is 26.9. The summed E-state index contributed by atoms with van der Waals surface area (Å²) in [5.41, 5.74) is 9.61. The average Bonchev–Trinajstić information content (AvgIpc) is 3.19. The minimum atomic E-state index is -1.48. The highest BCUT2D eigenvalue weighted by Crippen LogP contribution is 2.52. The molecule has 9 aromatic rings. The smallest absolute Gasteiger partial charge is 0.0775 e. The lowest BCUT2D eigenvalue weighted by molar-refractivity contribution is 1.29. The first-order valence-electron chi connectivity index (χ1n) is 19.9. The summed E-state index contributed by atoms with van der Waals surface area (Å²) in [6, 6.07) is 59.4. The molecule has 0 aromatic heterocycles. The molecule has 0 spiro atoms. The molecule has 0 bridgehead atoms. The van der Waals surface area contributed by atoms with Crippen molar-refractivity contribution in [3.8, 4) is 0 Å². The lowest BCUT2D eigenvalue weighted by Crippen LogP contribution is -2.37. The molecule has 2 nitrogen and oxygen atoms in total. The minimum absolute atomic E-state index is 1.15. The number of hydrogen-bond acceptors (Lipinski definition) is 2. The van der Waals surface area contributed by atoms with E-state index >= 15 is 0 Å². The fourth-order valence-corrected chi connectivity index (χ4v) is 11.1. The number of benzene rings is 9. The van der Waals surface area contributed by atoms with Crippen LogP contribution in [0, 0.1) is 13.8 Å². The van der Waals surface area contributed by atoms with Gasteiger partial charge in [-0.25, -0.2) is 0 Å². The average molecular weight is 759 g/mol. The highest BCUT2D eigenvalue weighted by atomic mass is 28.3. The van der Waals surface area contributed by atoms with Gasteiger partial charge in [0.15, 0.2) is 0 Å². The molecule has 0 saturated carbocycles. The van der Waals surface area contributed by atoms with Crippen LogP contribution in [0.3, 0.4) is 0 Å². The summed E-state index contributed by atoms with van der Waals surface area (Å²) in [5, 5.41) is 13.3. The molecule has 276 valence electrons. The van der Waals surface area contributed by atoms with Crippen molar-refractivity contribution in [2.75, 3.05) is 9.80 Å². The van der Waals surface area contributed by atoms with Crippen molar-refractivity contribution in [3.63, 3.8) is 0 Å². The van der Waals surface area contributed by atoms with E-state index in [1.54, 1.807) is 0 Å². The van der Waals surface area contributed by atoms with E-state index in [4.69, 9.17) is 0 Å². The summed E-state index contributed by atoms with van der Waals surface area (Å²) in [7, 11) is -2.97. The third-order valence-corrected chi connectivity index (χ3v) is 15.9. The van der Waals surface area contributed by atoms with Gasteiger partial charge in [0.25, 0.3) is 0 Å². The van der Waals surface area contributed by atoms with E-state index in [9.17, 15) is 0 Å². The first-order valence-corrected chi connectivity index (χ1v) is 26.9. The van der Waals surface area contributed by atoms with Crippen molar-refractivity contribution >= 4 is 104 Å². The number of anilines is 6. The maximum absolute atomic E-state index is 2.49. The van der Waals surface area contributed by atoms with E-state index in [2.05, 4.69) is 221 Å². The Morgan fingerprint density at radius 3 is 0.982 bits per heavy atom. The molecule has 0 fully saturated rings. The van der Waals surface area contributed by atoms with Crippen molar-refractivity contribution in [2.24, 2.45) is 0 Å². The Morgan fingerprint density at radius 1 is 0.321 bits per heavy atom. The molecule has 0 heterocycles. The summed E-state index contributed by atoms with van der Waals surface area (Å²) < 4.78 is 0. The van der Waals surface area contributed by atoms with Gasteiger partial charge in [-0.1, -0.05) is 147 Å². The summed E-state index contributed by atoms with van der Waals surface area (Å²) >= 11 is 0. The predicted molar refractivity (Wildman–Crippen MR) is 252 cm³/mol. The molecule has 0 aliphatic heterocycles. The molecule has 0 saturated heterocycles. The van der Waals surface area contributed by atoms with Crippen LogP contribution in [0.4, 0.5) is 34.1 Å². The van der Waals surface area contributed by atoms with Gasteiger partial charge in [-0.15, -0.1) is 0 Å². The van der Waals surface area contributed by atoms with Crippen LogP contribution >= 0.6 is 0 Å². The van der Waals surface area contributed by atoms with Gasteiger partial charge in [0.05, 0.1) is 27.5 Å². The SMILES string of the molecule is Cc1cc(N(c2ccccc2)c2ccc([Si](C)(C)C)cc2)c2c3ccccc3c3c(N(c4ccccc4)c4ccc([Si](C)(C)C)cc4)cc(C)c4ccc1c2c43. The Balaban J connectivity index is 1.42. The second-order valence-electron chi connectivity index (χ2n) is 17.6. The molecule has 0 unspecified atom stereocenters. The van der Waals surface area contributed by atoms with Crippen molar-refractivity contribution in [1.29, 1.82) is 0 Å². The van der Waals surface area contributed by atoms with Gasteiger partial charge in [0, 0.05) is 44.3 Å². The van der Waals surface area contributed by atoms with Crippen LogP contribution in [0.1, 0.15) is 11.1 Å². The molecule has 0 amide bonds. The first kappa shape index (κ1) is 36.0. The van der Waals surface area contributed by atoms with E-state index in [-0.39, 0.29) is 0 Å². The Bertz CT molecular complexity index is 2670. The summed E-state index contributed by atoms with van der Waals surface area (Å²) in [4.78, 5) is 4.98. The highest BCUT2D eigenvalue weighted by Gasteiger charge is 2.27. The number of para-hydroxylation sites is 2. The van der Waals surface area contributed by atoms with Gasteiger partial charge in [0.2, 0.25) is 0 Å². The predicted octanol–water partition coefficient (Wildman–Crippen LogP) is 14.4. The molecular formula is C52H50N2Si2. The lowest BCUT2D eigenvalue weighted by Gasteiger charge is -2.32. The van der Waals surface area contributed by atoms with Crippen molar-refractivity contribution in [2.45, 2.75) is 53.1 Å². The van der Waals surface area contributed by atoms with Crippen LogP contribution in [-0.2, 0) is 0 Å². The third-order valence-electron chi connectivity index (χ3n) is 11.7. The molecule has 0 aliphatic carbocycles. The molecule has 56 heavy (non-hydrogen) atoms. The minimum Gasteiger partial charge on any atom is -0.310 e. The van der Waals surface area contributed by atoms with Gasteiger partial charge in [0.1, 0.15) is 0 Å². The fraction of sp³-hybridized carbons (Fsp3) is 0.154. The second kappa shape index (κ2) is 13.5. The Hall–Kier alpha value is -5.69. The van der Waals surface area contributed by atoms with Gasteiger partial charge in [-0.05, 0) is 107 Å². The third kappa shape index (κ3) is 6.00. The van der Waals surface area contributed by atoms with Crippen LogP contribution in [0.5, 0.6) is 0 Å². The molecule has 9 aromatic carbocycles. The number of fused-ring (bicyclic) bond motifs is 3. The number of hydrogen-bond donors (Lipinski definition) is 0. The quantitative estimate of drug-likeness (QED) is 0.0865. The molecule has 0 N–H and O–H groups in total. The van der Waals surface area contributed by atoms with E-state index in [0.717, 1.165) is 11.4 Å². The van der Waals surface area contributed by atoms with Gasteiger partial charge >= 0.3 is 0 Å². The molecule has 9 rings (SSSR count). The second-order valence-corrected chi connectivity index (χ2v) is 27.7. The zero-order chi connectivity index (χ0) is 38.9. The fourth-order valence-electron chi connectivity index (χ4n) is 8.79. The van der Waals surface area contributed by atoms with E-state index < -0.39 is 16.1 Å². The maximum atomic E-state index is 2.49. The number of rotatable bonds is 8. The summed E-state index contributed by atoms with van der Waals surface area (Å²) in [6.07, 6.45) is 0. The van der Waals surface area contributed by atoms with Crippen LogP contribution < -0.4 is 20.2 Å². The largest absolute Gasteiger partial charge is 0.310 e. The molecular weight excluding hydrogens is 709 g/mol. The van der Waals surface area contributed by atoms with E-state index in [0.29, 0.717) is 0 Å². The van der Waals surface area contributed by atoms with Crippen LogP contribution in [0.2, 0.25) is 39.3 Å². The lowest BCUT2D eigenvalue weighted by atomic mass is 9.84. The van der Waals surface area contributed by atoms with Crippen molar-refractivity contribution in [3.05, 3.63) is 169 Å². The van der Waals surface area contributed by atoms with Crippen molar-refractivity contribution in [1.82, 2.24) is 0 Å². The normalized spacial score (nSPS) is 12.3. The van der Waals surface area contributed by atoms with E-state index in [1.165, 1.54) is 87.3 Å². The van der Waals surface area contributed by atoms with Gasteiger partial charge < -0.3 is 9.80 Å². The standard InChI is InChI=1S/C52H50N2Si2/c1-35-33-47(53(37-17-11-9-12-18-37)39-23-27-41(28-24-39)55(3,4)5)49-45-21-15-16-22-46(45)50-48(34-36(2)44-32-31-43(35)51(49)52(44)50)54(38-19-13-10-14-20-38)40-25-29-42(30-26-40)56(6,7)8/h9-34H,1-8H3. The van der Waals surface area contributed by atoms with Gasteiger partial charge in [-0.3, -0.25) is 0 Å². The maximum Gasteiger partial charge on any atom is 0.0775 e. The van der Waals surface area contributed by atoms with E-state index in [1.807, 2.05) is 0 Å². The number of aryl methyl sites for hydroxylation is 2. The molecule has 4 heteroatoms. The zero-order valence-electron chi connectivity index (χ0n) is 33.9. The van der Waals surface area contributed by atoms with Crippen LogP contribution in [0.25, 0.3) is 43.1 Å². The van der Waals surface area contributed by atoms with Crippen molar-refractivity contribution < 1.29 is 0 Å². The van der Waals surface area contributed by atoms with Gasteiger partial charge in [-0.2, -0.15) is 0 Å². The topological polar surface area (TPSA) is 6.48 Å². The highest BCUT2D eigenvalue weighted by molar-refractivity contribution is 6.89. The Morgan fingerprint density at radius 2 is 0.643 bits per heavy atom. The molecule has 0 radical (unpaired) electrons. The monoisotopic (exact) mass is 758 g/mol. The Kier molecular flexibility index (Phi) is 8.68. The molecule has 0 aliphatic rings. The summed E-state index contributed by atoms with van der Waals surface area (Å²) in [5.74, 6) is 0. The summed E-state index contributed by atoms with van der Waals surface area (Å²) in [6.45, 7) is 19.1. The Labute approximate surface area is 334 Å². The zero-order valence-corrected chi connectivity index (χ0v) is 35.9. The van der Waals surface area contributed by atoms with Crippen LogP contribution in [0.15, 0.2) is 158 Å². The molecule has 0 atom stereocenters. The van der Waals surface area contributed by atoms with Crippen LogP contribution in [-0.4, -0.2) is 16.1 Å². The number of nitrogens with zero attached hydrogens (tertiary/aromatic N) is 2.